The van der Waals surface area contributed by atoms with E-state index in [-0.39, 0.29) is 18.1 Å². The zero-order valence-corrected chi connectivity index (χ0v) is 23.0. The molecule has 3 aromatic carbocycles. The normalized spacial score (nSPS) is 11.2. The molecular weight excluding hydrogens is 528 g/mol. The lowest BCUT2D eigenvalue weighted by atomic mass is 10.0. The van der Waals surface area contributed by atoms with E-state index in [0.717, 1.165) is 16.8 Å². The Balaban J connectivity index is 1.53. The molecule has 0 aliphatic rings. The van der Waals surface area contributed by atoms with Crippen molar-refractivity contribution in [1.29, 1.82) is 0 Å². The Morgan fingerprint density at radius 1 is 1.13 bits per heavy atom. The van der Waals surface area contributed by atoms with Gasteiger partial charge in [-0.2, -0.15) is 5.10 Å². The fraction of sp³-hybridized carbons (Fsp3) is 0.241. The van der Waals surface area contributed by atoms with E-state index in [1.165, 1.54) is 6.07 Å². The van der Waals surface area contributed by atoms with Crippen molar-refractivity contribution in [1.82, 2.24) is 9.78 Å². The largest absolute Gasteiger partial charge is 0.487 e. The maximum absolute atomic E-state index is 15.1. The van der Waals surface area contributed by atoms with E-state index in [1.807, 2.05) is 0 Å². The fourth-order valence-electron chi connectivity index (χ4n) is 4.36. The number of carboxylic acids is 1. The van der Waals surface area contributed by atoms with Gasteiger partial charge < -0.3 is 14.7 Å². The first kappa shape index (κ1) is 27.5. The first-order valence-corrected chi connectivity index (χ1v) is 12.8. The van der Waals surface area contributed by atoms with Gasteiger partial charge >= 0.3 is 5.97 Å². The highest BCUT2D eigenvalue weighted by Crippen LogP contribution is 2.32. The Kier molecular flexibility index (Phi) is 8.29. The van der Waals surface area contributed by atoms with Crippen molar-refractivity contribution in [2.45, 2.75) is 39.8 Å². The summed E-state index contributed by atoms with van der Waals surface area (Å²) in [6, 6.07) is 15.1. The summed E-state index contributed by atoms with van der Waals surface area (Å²) < 4.78 is 22.8. The van der Waals surface area contributed by atoms with Crippen LogP contribution in [-0.2, 0) is 13.2 Å². The minimum absolute atomic E-state index is 0.138. The monoisotopic (exact) mass is 555 g/mol. The van der Waals surface area contributed by atoms with Gasteiger partial charge in [0.15, 0.2) is 0 Å². The molecule has 6 nitrogen and oxygen atoms in total. The predicted molar refractivity (Wildman–Crippen MR) is 149 cm³/mol. The van der Waals surface area contributed by atoms with Crippen LogP contribution in [0.5, 0.6) is 5.75 Å². The molecule has 38 heavy (non-hydrogen) atoms. The number of aromatic nitrogens is 2. The highest BCUT2D eigenvalue weighted by atomic mass is 35.5. The number of halogens is 3. The molecule has 0 unspecified atom stereocenters. The molecule has 0 atom stereocenters. The number of anilines is 1. The molecule has 0 radical (unpaired) electrons. The molecule has 198 valence electrons. The quantitative estimate of drug-likeness (QED) is 0.229. The summed E-state index contributed by atoms with van der Waals surface area (Å²) in [6.45, 7) is 6.41. The van der Waals surface area contributed by atoms with Crippen LogP contribution in [0.25, 0.3) is 5.69 Å². The third-order valence-electron chi connectivity index (χ3n) is 6.32. The van der Waals surface area contributed by atoms with E-state index in [2.05, 4.69) is 18.9 Å². The van der Waals surface area contributed by atoms with Crippen molar-refractivity contribution in [3.63, 3.8) is 0 Å². The van der Waals surface area contributed by atoms with Crippen LogP contribution in [0, 0.1) is 12.7 Å². The minimum Gasteiger partial charge on any atom is -0.487 e. The highest BCUT2D eigenvalue weighted by molar-refractivity contribution is 6.37. The summed E-state index contributed by atoms with van der Waals surface area (Å²) in [5.74, 6) is -0.864. The summed E-state index contributed by atoms with van der Waals surface area (Å²) in [5.41, 5.74) is 4.50. The molecule has 0 fully saturated rings. The minimum atomic E-state index is -0.970. The second-order valence-electron chi connectivity index (χ2n) is 9.40. The molecule has 1 heterocycles. The topological polar surface area (TPSA) is 67.6 Å². The Morgan fingerprint density at radius 2 is 1.84 bits per heavy atom. The van der Waals surface area contributed by atoms with Crippen LogP contribution >= 0.6 is 23.2 Å². The first-order chi connectivity index (χ1) is 18.1. The summed E-state index contributed by atoms with van der Waals surface area (Å²) >= 11 is 12.9. The van der Waals surface area contributed by atoms with Crippen LogP contribution in [0.4, 0.5) is 10.1 Å². The Labute approximate surface area is 231 Å². The van der Waals surface area contributed by atoms with E-state index < -0.39 is 11.8 Å². The van der Waals surface area contributed by atoms with Crippen LogP contribution < -0.4 is 9.64 Å². The standard InChI is InChI=1S/C29H28Cl2FN3O3/c1-17(2)22-14-33-35(28-23(30)6-5-7-24(28)31)27(22)16-38-20-9-11-26(25(32)13-20)34(4)15-19-8-10-21(29(36)37)18(3)12-19/h5-14,17H,15-16H2,1-4H3,(H,36,37). The fourth-order valence-corrected chi connectivity index (χ4v) is 4.92. The van der Waals surface area contributed by atoms with Crippen LogP contribution in [-0.4, -0.2) is 27.9 Å². The molecule has 0 amide bonds. The van der Waals surface area contributed by atoms with Crippen molar-refractivity contribution in [2.75, 3.05) is 11.9 Å². The van der Waals surface area contributed by atoms with Crippen LogP contribution in [0.3, 0.4) is 0 Å². The van der Waals surface area contributed by atoms with Gasteiger partial charge in [0.05, 0.1) is 33.2 Å². The van der Waals surface area contributed by atoms with E-state index in [1.54, 1.807) is 78.3 Å². The summed E-state index contributed by atoms with van der Waals surface area (Å²) in [4.78, 5) is 13.0. The lowest BCUT2D eigenvalue weighted by molar-refractivity contribution is 0.0696. The molecular formula is C29H28Cl2FN3O3. The molecule has 9 heteroatoms. The van der Waals surface area contributed by atoms with Gasteiger partial charge in [-0.3, -0.25) is 0 Å². The van der Waals surface area contributed by atoms with Crippen molar-refractivity contribution in [3.05, 3.63) is 105 Å². The maximum Gasteiger partial charge on any atom is 0.335 e. The number of para-hydroxylation sites is 1. The lowest BCUT2D eigenvalue weighted by Gasteiger charge is -2.21. The molecule has 0 bridgehead atoms. The van der Waals surface area contributed by atoms with Crippen molar-refractivity contribution < 1.29 is 19.0 Å². The number of aryl methyl sites for hydroxylation is 1. The molecule has 0 saturated carbocycles. The van der Waals surface area contributed by atoms with E-state index in [0.29, 0.717) is 39.3 Å². The summed E-state index contributed by atoms with van der Waals surface area (Å²) in [6.07, 6.45) is 1.77. The first-order valence-electron chi connectivity index (χ1n) is 12.0. The molecule has 0 saturated heterocycles. The van der Waals surface area contributed by atoms with E-state index in [4.69, 9.17) is 27.9 Å². The third-order valence-corrected chi connectivity index (χ3v) is 6.93. The SMILES string of the molecule is Cc1cc(CN(C)c2ccc(OCc3c(C(C)C)cnn3-c3c(Cl)cccc3Cl)cc2F)ccc1C(=O)O. The number of benzene rings is 3. The second-order valence-corrected chi connectivity index (χ2v) is 10.2. The van der Waals surface area contributed by atoms with Gasteiger partial charge in [0.1, 0.15) is 23.9 Å². The molecule has 4 rings (SSSR count). The van der Waals surface area contributed by atoms with Crippen LogP contribution in [0.15, 0.2) is 60.8 Å². The van der Waals surface area contributed by atoms with Gasteiger partial charge in [0.2, 0.25) is 0 Å². The maximum atomic E-state index is 15.1. The van der Waals surface area contributed by atoms with E-state index >= 15 is 4.39 Å². The highest BCUT2D eigenvalue weighted by Gasteiger charge is 2.20. The zero-order valence-electron chi connectivity index (χ0n) is 21.5. The number of hydrogen-bond acceptors (Lipinski definition) is 4. The average Bonchev–Trinajstić information content (AvgIpc) is 3.26. The van der Waals surface area contributed by atoms with Crippen LogP contribution in [0.1, 0.15) is 52.5 Å². The third kappa shape index (κ3) is 5.79. The number of hydrogen-bond donors (Lipinski definition) is 1. The Hall–Kier alpha value is -3.55. The number of carbonyl (C=O) groups is 1. The van der Waals surface area contributed by atoms with Gasteiger partial charge in [0.25, 0.3) is 0 Å². The molecule has 1 aromatic heterocycles. The lowest BCUT2D eigenvalue weighted by Crippen LogP contribution is -2.18. The van der Waals surface area contributed by atoms with Gasteiger partial charge in [-0.25, -0.2) is 13.9 Å². The molecule has 0 aliphatic heterocycles. The molecule has 1 N–H and O–H groups in total. The van der Waals surface area contributed by atoms with Crippen molar-refractivity contribution >= 4 is 34.9 Å². The number of nitrogens with zero attached hydrogens (tertiary/aromatic N) is 3. The van der Waals surface area contributed by atoms with Gasteiger partial charge in [-0.05, 0) is 59.9 Å². The number of ether oxygens (including phenoxy) is 1. The Bertz CT molecular complexity index is 1470. The second kappa shape index (κ2) is 11.5. The van der Waals surface area contributed by atoms with E-state index in [9.17, 15) is 9.90 Å². The van der Waals surface area contributed by atoms with Gasteiger partial charge in [-0.15, -0.1) is 0 Å². The van der Waals surface area contributed by atoms with Gasteiger partial charge in [0, 0.05) is 19.7 Å². The van der Waals surface area contributed by atoms with Crippen molar-refractivity contribution in [2.24, 2.45) is 0 Å². The number of rotatable bonds is 9. The Morgan fingerprint density at radius 3 is 2.45 bits per heavy atom. The van der Waals surface area contributed by atoms with Crippen molar-refractivity contribution in [3.8, 4) is 11.4 Å². The molecule has 4 aromatic rings. The zero-order chi connectivity index (χ0) is 27.6. The summed E-state index contributed by atoms with van der Waals surface area (Å²) in [7, 11) is 1.78. The average molecular weight is 556 g/mol. The number of aromatic carboxylic acids is 1. The number of carboxylic acid groups (broad SMARTS) is 1. The smallest absolute Gasteiger partial charge is 0.335 e. The van der Waals surface area contributed by atoms with Gasteiger partial charge in [-0.1, -0.05) is 55.2 Å². The molecule has 0 spiro atoms. The predicted octanol–water partition coefficient (Wildman–Crippen LogP) is 7.66. The summed E-state index contributed by atoms with van der Waals surface area (Å²) in [5, 5.41) is 14.7. The van der Waals surface area contributed by atoms with Crippen LogP contribution in [0.2, 0.25) is 10.0 Å². The molecule has 0 aliphatic carbocycles.